The number of hydrogen-bond donors (Lipinski definition) is 1. The molecule has 0 amide bonds. The number of methoxy groups -OCH3 is 1. The molecule has 21 heavy (non-hydrogen) atoms. The lowest BCUT2D eigenvalue weighted by Crippen LogP contribution is -2.25. The third-order valence-electron chi connectivity index (χ3n) is 3.56. The van der Waals surface area contributed by atoms with Crippen LogP contribution in [0.5, 0.6) is 0 Å². The van der Waals surface area contributed by atoms with Gasteiger partial charge in [-0.2, -0.15) is 0 Å². The molecule has 1 aliphatic rings. The highest BCUT2D eigenvalue weighted by atomic mass is 16.8. The molecule has 1 N–H and O–H groups in total. The average Bonchev–Trinajstić information content (AvgIpc) is 2.75. The molecule has 122 valence electrons. The predicted octanol–water partition coefficient (Wildman–Crippen LogP) is 2.42. The fourth-order valence-corrected chi connectivity index (χ4v) is 2.46. The van der Waals surface area contributed by atoms with Crippen molar-refractivity contribution in [1.29, 1.82) is 0 Å². The van der Waals surface area contributed by atoms with Gasteiger partial charge >= 0.3 is 5.97 Å². The van der Waals surface area contributed by atoms with Crippen molar-refractivity contribution in [2.75, 3.05) is 13.7 Å². The summed E-state index contributed by atoms with van der Waals surface area (Å²) in [5.41, 5.74) is 0. The average molecular weight is 300 g/mol. The molecule has 1 heterocycles. The zero-order valence-electron chi connectivity index (χ0n) is 13.5. The van der Waals surface area contributed by atoms with Gasteiger partial charge in [-0.1, -0.05) is 31.9 Å². The van der Waals surface area contributed by atoms with E-state index in [0.717, 1.165) is 19.3 Å². The molecule has 0 spiro atoms. The summed E-state index contributed by atoms with van der Waals surface area (Å²) in [6, 6.07) is 0. The molecule has 0 radical (unpaired) electrons. The van der Waals surface area contributed by atoms with E-state index in [0.29, 0.717) is 6.42 Å². The lowest BCUT2D eigenvalue weighted by atomic mass is 9.97. The molecule has 1 fully saturated rings. The van der Waals surface area contributed by atoms with E-state index in [1.807, 2.05) is 26.0 Å². The van der Waals surface area contributed by atoms with Gasteiger partial charge in [-0.3, -0.25) is 4.79 Å². The summed E-state index contributed by atoms with van der Waals surface area (Å²) in [4.78, 5) is 11.5. The van der Waals surface area contributed by atoms with Crippen molar-refractivity contribution in [3.8, 4) is 0 Å². The predicted molar refractivity (Wildman–Crippen MR) is 79.7 cm³/mol. The molecule has 0 saturated carbocycles. The Bertz CT molecular complexity index is 351. The minimum atomic E-state index is -0.691. The van der Waals surface area contributed by atoms with Crippen molar-refractivity contribution in [2.45, 2.75) is 64.4 Å². The van der Waals surface area contributed by atoms with Crippen LogP contribution in [-0.2, 0) is 19.0 Å². The second-order valence-electron chi connectivity index (χ2n) is 5.89. The van der Waals surface area contributed by atoms with E-state index in [2.05, 4.69) is 6.92 Å². The number of aliphatic hydroxyl groups excluding tert-OH is 1. The summed E-state index contributed by atoms with van der Waals surface area (Å²) in [6.45, 7) is 5.69. The second kappa shape index (κ2) is 8.51. The maximum absolute atomic E-state index is 11.5. The van der Waals surface area contributed by atoms with Gasteiger partial charge in [0.2, 0.25) is 0 Å². The molecule has 1 unspecified atom stereocenters. The van der Waals surface area contributed by atoms with Crippen molar-refractivity contribution < 1.29 is 24.1 Å². The summed E-state index contributed by atoms with van der Waals surface area (Å²) in [6.07, 6.45) is 6.69. The Balaban J connectivity index is 2.65. The van der Waals surface area contributed by atoms with Gasteiger partial charge in [-0.25, -0.2) is 0 Å². The van der Waals surface area contributed by atoms with Crippen molar-refractivity contribution in [2.24, 2.45) is 5.92 Å². The minimum Gasteiger partial charge on any atom is -0.469 e. The van der Waals surface area contributed by atoms with Crippen molar-refractivity contribution in [3.05, 3.63) is 12.2 Å². The van der Waals surface area contributed by atoms with Crippen LogP contribution in [0.25, 0.3) is 0 Å². The SMILES string of the molecule is CCCC[C@@H](C=C[C@@H]1OC(C)(C)OC1CO)CC(=O)OC. The number of esters is 1. The number of unbranched alkanes of at least 4 members (excludes halogenated alkanes) is 1. The molecule has 5 nitrogen and oxygen atoms in total. The van der Waals surface area contributed by atoms with E-state index in [-0.39, 0.29) is 30.7 Å². The first kappa shape index (κ1) is 18.1. The molecule has 0 aromatic rings. The molecule has 3 atom stereocenters. The van der Waals surface area contributed by atoms with Gasteiger partial charge in [0, 0.05) is 0 Å². The smallest absolute Gasteiger partial charge is 0.306 e. The van der Waals surface area contributed by atoms with Gasteiger partial charge in [-0.05, 0) is 26.2 Å². The molecule has 0 aromatic carbocycles. The van der Waals surface area contributed by atoms with Crippen LogP contribution < -0.4 is 0 Å². The normalized spacial score (nSPS) is 26.1. The number of ether oxygens (including phenoxy) is 3. The van der Waals surface area contributed by atoms with E-state index >= 15 is 0 Å². The molecule has 1 aliphatic heterocycles. The van der Waals surface area contributed by atoms with Crippen LogP contribution in [0.3, 0.4) is 0 Å². The van der Waals surface area contributed by atoms with E-state index in [4.69, 9.17) is 14.2 Å². The molecule has 0 bridgehead atoms. The number of carbonyl (C=O) groups is 1. The Morgan fingerprint density at radius 1 is 1.43 bits per heavy atom. The van der Waals surface area contributed by atoms with Gasteiger partial charge < -0.3 is 19.3 Å². The molecule has 1 rings (SSSR count). The van der Waals surface area contributed by atoms with Crippen LogP contribution in [-0.4, -0.2) is 42.8 Å². The van der Waals surface area contributed by atoms with Gasteiger partial charge in [-0.15, -0.1) is 0 Å². The Kier molecular flexibility index (Phi) is 7.35. The Hall–Kier alpha value is -0.910. The van der Waals surface area contributed by atoms with Crippen LogP contribution in [0.15, 0.2) is 12.2 Å². The number of aliphatic hydroxyl groups is 1. The quantitative estimate of drug-likeness (QED) is 0.551. The van der Waals surface area contributed by atoms with E-state index in [1.165, 1.54) is 7.11 Å². The first-order valence-electron chi connectivity index (χ1n) is 7.63. The summed E-state index contributed by atoms with van der Waals surface area (Å²) >= 11 is 0. The van der Waals surface area contributed by atoms with Gasteiger partial charge in [0.1, 0.15) is 12.2 Å². The lowest BCUT2D eigenvalue weighted by Gasteiger charge is -2.16. The van der Waals surface area contributed by atoms with Gasteiger partial charge in [0.15, 0.2) is 5.79 Å². The van der Waals surface area contributed by atoms with E-state index in [9.17, 15) is 9.90 Å². The highest BCUT2D eigenvalue weighted by Gasteiger charge is 2.39. The van der Waals surface area contributed by atoms with Crippen LogP contribution in [0.1, 0.15) is 46.5 Å². The zero-order valence-corrected chi connectivity index (χ0v) is 13.5. The van der Waals surface area contributed by atoms with Crippen LogP contribution in [0, 0.1) is 5.92 Å². The molecule has 1 saturated heterocycles. The number of carbonyl (C=O) groups excluding carboxylic acids is 1. The fourth-order valence-electron chi connectivity index (χ4n) is 2.46. The fraction of sp³-hybridized carbons (Fsp3) is 0.812. The highest BCUT2D eigenvalue weighted by molar-refractivity contribution is 5.69. The minimum absolute atomic E-state index is 0.0882. The summed E-state index contributed by atoms with van der Waals surface area (Å²) in [5, 5.41) is 9.35. The zero-order chi connectivity index (χ0) is 15.9. The number of hydrogen-bond acceptors (Lipinski definition) is 5. The second-order valence-corrected chi connectivity index (χ2v) is 5.89. The number of allylic oxidation sites excluding steroid dienone is 1. The Morgan fingerprint density at radius 3 is 2.71 bits per heavy atom. The van der Waals surface area contributed by atoms with E-state index < -0.39 is 5.79 Å². The van der Waals surface area contributed by atoms with Crippen molar-refractivity contribution in [1.82, 2.24) is 0 Å². The summed E-state index contributed by atoms with van der Waals surface area (Å²) < 4.78 is 16.1. The molecule has 5 heteroatoms. The van der Waals surface area contributed by atoms with E-state index in [1.54, 1.807) is 0 Å². The first-order valence-corrected chi connectivity index (χ1v) is 7.63. The maximum atomic E-state index is 11.5. The van der Waals surface area contributed by atoms with Crippen LogP contribution in [0.2, 0.25) is 0 Å². The third-order valence-corrected chi connectivity index (χ3v) is 3.56. The van der Waals surface area contributed by atoms with Gasteiger partial charge in [0.25, 0.3) is 0 Å². The van der Waals surface area contributed by atoms with Crippen molar-refractivity contribution >= 4 is 5.97 Å². The monoisotopic (exact) mass is 300 g/mol. The third kappa shape index (κ3) is 6.16. The molecular weight excluding hydrogens is 272 g/mol. The standard InChI is InChI=1S/C16H28O5/c1-5-6-7-12(10-15(18)19-4)8-9-13-14(11-17)21-16(2,3)20-13/h8-9,12-14,17H,5-7,10-11H2,1-4H3/t12-,13-,14?/m0/s1. The highest BCUT2D eigenvalue weighted by Crippen LogP contribution is 2.29. The summed E-state index contributed by atoms with van der Waals surface area (Å²) in [7, 11) is 1.40. The van der Waals surface area contributed by atoms with Crippen LogP contribution in [0.4, 0.5) is 0 Å². The first-order chi connectivity index (χ1) is 9.91. The van der Waals surface area contributed by atoms with Crippen LogP contribution >= 0.6 is 0 Å². The largest absolute Gasteiger partial charge is 0.469 e. The molecule has 0 aliphatic carbocycles. The Labute approximate surface area is 127 Å². The molecular formula is C16H28O5. The topological polar surface area (TPSA) is 65.0 Å². The maximum Gasteiger partial charge on any atom is 0.306 e. The lowest BCUT2D eigenvalue weighted by molar-refractivity contribution is -0.146. The Morgan fingerprint density at radius 2 is 2.14 bits per heavy atom. The van der Waals surface area contributed by atoms with Crippen molar-refractivity contribution in [3.63, 3.8) is 0 Å². The van der Waals surface area contributed by atoms with Gasteiger partial charge in [0.05, 0.1) is 20.1 Å². The summed E-state index contributed by atoms with van der Waals surface area (Å²) in [5.74, 6) is -0.767. The number of rotatable bonds is 8. The molecule has 0 aromatic heterocycles.